The van der Waals surface area contributed by atoms with Gasteiger partial charge in [-0.05, 0) is 45.0 Å². The highest BCUT2D eigenvalue weighted by Crippen LogP contribution is 2.36. The van der Waals surface area contributed by atoms with Crippen LogP contribution in [-0.2, 0) is 15.7 Å². The van der Waals surface area contributed by atoms with Crippen LogP contribution in [0.5, 0.6) is 0 Å². The number of hydrogen-bond acceptors (Lipinski definition) is 3. The van der Waals surface area contributed by atoms with E-state index in [4.69, 9.17) is 4.74 Å². The minimum absolute atomic E-state index is 0.274. The van der Waals surface area contributed by atoms with E-state index >= 15 is 0 Å². The number of ether oxygens (including phenoxy) is 1. The number of alkyl halides is 3. The second kappa shape index (κ2) is 8.32. The molecule has 0 amide bonds. The first-order valence-corrected chi connectivity index (χ1v) is 7.52. The van der Waals surface area contributed by atoms with Gasteiger partial charge in [0.25, 0.3) is 0 Å². The summed E-state index contributed by atoms with van der Waals surface area (Å²) < 4.78 is 41.3. The molecule has 0 fully saturated rings. The maximum Gasteiger partial charge on any atom is 0.416 e. The highest BCUT2D eigenvalue weighted by molar-refractivity contribution is 8.01. The third-order valence-corrected chi connectivity index (χ3v) is 3.51. The second-order valence-corrected chi connectivity index (χ2v) is 6.05. The van der Waals surface area contributed by atoms with Gasteiger partial charge in [-0.25, -0.2) is 0 Å². The summed E-state index contributed by atoms with van der Waals surface area (Å²) in [6.07, 6.45) is -4.35. The van der Waals surface area contributed by atoms with E-state index in [2.05, 4.69) is 0 Å². The molecule has 6 heteroatoms. The van der Waals surface area contributed by atoms with Crippen LogP contribution in [0.2, 0.25) is 0 Å². The maximum absolute atomic E-state index is 12.4. The van der Waals surface area contributed by atoms with Crippen molar-refractivity contribution in [3.8, 4) is 0 Å². The lowest BCUT2D eigenvalue weighted by Gasteiger charge is -2.21. The third kappa shape index (κ3) is 6.42. The van der Waals surface area contributed by atoms with Crippen molar-refractivity contribution in [3.05, 3.63) is 29.8 Å². The number of thioether (sulfide) groups is 1. The van der Waals surface area contributed by atoms with E-state index in [0.717, 1.165) is 12.1 Å². The Morgan fingerprint density at radius 2 is 1.62 bits per heavy atom. The molecular formula is C15H21F3O2S. The zero-order chi connectivity index (χ0) is 16.7. The Labute approximate surface area is 128 Å². The predicted molar refractivity (Wildman–Crippen MR) is 79.4 cm³/mol. The van der Waals surface area contributed by atoms with Crippen LogP contribution in [0, 0.1) is 0 Å². The number of hydrogen-bond donors (Lipinski definition) is 0. The molecule has 0 N–H and O–H groups in total. The van der Waals surface area contributed by atoms with E-state index in [9.17, 15) is 18.0 Å². The van der Waals surface area contributed by atoms with Gasteiger partial charge in [0.15, 0.2) is 0 Å². The van der Waals surface area contributed by atoms with Crippen LogP contribution in [0.25, 0.3) is 0 Å². The van der Waals surface area contributed by atoms with Gasteiger partial charge in [-0.2, -0.15) is 13.2 Å². The van der Waals surface area contributed by atoms with Crippen molar-refractivity contribution in [1.82, 2.24) is 0 Å². The summed E-state index contributed by atoms with van der Waals surface area (Å²) in [4.78, 5) is 12.3. The van der Waals surface area contributed by atoms with Gasteiger partial charge in [0.1, 0.15) is 4.75 Å². The van der Waals surface area contributed by atoms with Crippen LogP contribution >= 0.6 is 11.8 Å². The van der Waals surface area contributed by atoms with E-state index < -0.39 is 16.5 Å². The van der Waals surface area contributed by atoms with Crippen LogP contribution in [0.4, 0.5) is 13.2 Å². The van der Waals surface area contributed by atoms with Gasteiger partial charge in [-0.1, -0.05) is 13.8 Å². The zero-order valence-corrected chi connectivity index (χ0v) is 13.7. The molecule has 2 nitrogen and oxygen atoms in total. The van der Waals surface area contributed by atoms with Crippen LogP contribution in [0.3, 0.4) is 0 Å². The van der Waals surface area contributed by atoms with Gasteiger partial charge in [0.2, 0.25) is 0 Å². The molecule has 1 aromatic carbocycles. The van der Waals surface area contributed by atoms with Crippen LogP contribution < -0.4 is 0 Å². The van der Waals surface area contributed by atoms with Crippen LogP contribution in [0.1, 0.15) is 40.2 Å². The molecule has 0 spiro atoms. The third-order valence-electron chi connectivity index (χ3n) is 2.32. The Morgan fingerprint density at radius 3 is 2.00 bits per heavy atom. The molecule has 0 unspecified atom stereocenters. The van der Waals surface area contributed by atoms with Gasteiger partial charge in [0.05, 0.1) is 12.2 Å². The fraction of sp³-hybridized carbons (Fsp3) is 0.533. The number of carbonyl (C=O) groups is 1. The number of carbonyl (C=O) groups excluding carboxylic acids is 1. The molecule has 0 radical (unpaired) electrons. The summed E-state index contributed by atoms with van der Waals surface area (Å²) in [6.45, 7) is 9.33. The van der Waals surface area contributed by atoms with Crippen molar-refractivity contribution in [2.75, 3.05) is 6.61 Å². The van der Waals surface area contributed by atoms with Crippen molar-refractivity contribution in [2.45, 2.75) is 50.4 Å². The molecule has 1 rings (SSSR count). The van der Waals surface area contributed by atoms with Crippen molar-refractivity contribution in [1.29, 1.82) is 0 Å². The van der Waals surface area contributed by atoms with E-state index in [0.29, 0.717) is 4.90 Å². The van der Waals surface area contributed by atoms with E-state index in [1.54, 1.807) is 20.8 Å². The van der Waals surface area contributed by atoms with Crippen LogP contribution in [-0.4, -0.2) is 17.3 Å². The van der Waals surface area contributed by atoms with E-state index in [-0.39, 0.29) is 12.6 Å². The SMILES string of the molecule is CC.CCOC(=O)C(C)(C)Sc1ccc(C(F)(F)F)cc1. The molecule has 1 aromatic rings. The van der Waals surface area contributed by atoms with E-state index in [1.165, 1.54) is 23.9 Å². The minimum atomic E-state index is -4.35. The summed E-state index contributed by atoms with van der Waals surface area (Å²) in [7, 11) is 0. The molecule has 0 atom stereocenters. The highest BCUT2D eigenvalue weighted by atomic mass is 32.2. The summed E-state index contributed by atoms with van der Waals surface area (Å²) in [5.74, 6) is -0.389. The molecule has 0 aliphatic rings. The molecule has 0 aromatic heterocycles. The monoisotopic (exact) mass is 322 g/mol. The first kappa shape index (κ1) is 19.8. The largest absolute Gasteiger partial charge is 0.465 e. The molecule has 120 valence electrons. The lowest BCUT2D eigenvalue weighted by atomic mass is 10.2. The van der Waals surface area contributed by atoms with Gasteiger partial charge in [0, 0.05) is 4.90 Å². The molecular weight excluding hydrogens is 301 g/mol. The Morgan fingerprint density at radius 1 is 1.14 bits per heavy atom. The Balaban J connectivity index is 0.00000191. The molecule has 0 heterocycles. The minimum Gasteiger partial charge on any atom is -0.465 e. The first-order chi connectivity index (χ1) is 9.66. The maximum atomic E-state index is 12.4. The quantitative estimate of drug-likeness (QED) is 0.565. The molecule has 0 bridgehead atoms. The molecule has 0 aliphatic carbocycles. The lowest BCUT2D eigenvalue weighted by molar-refractivity contribution is -0.145. The summed E-state index contributed by atoms with van der Waals surface area (Å²) >= 11 is 1.17. The number of benzene rings is 1. The Kier molecular flexibility index (Phi) is 7.85. The number of halogens is 3. The predicted octanol–water partition coefficient (Wildman–Crippen LogP) is 5.17. The zero-order valence-electron chi connectivity index (χ0n) is 12.9. The van der Waals surface area contributed by atoms with E-state index in [1.807, 2.05) is 13.8 Å². The lowest BCUT2D eigenvalue weighted by Crippen LogP contribution is -2.29. The topological polar surface area (TPSA) is 26.3 Å². The Bertz CT molecular complexity index is 439. The number of esters is 1. The summed E-state index contributed by atoms with van der Waals surface area (Å²) in [6, 6.07) is 4.72. The fourth-order valence-electron chi connectivity index (χ4n) is 1.35. The summed E-state index contributed by atoms with van der Waals surface area (Å²) in [5, 5.41) is 0. The van der Waals surface area contributed by atoms with Crippen molar-refractivity contribution in [2.24, 2.45) is 0 Å². The van der Waals surface area contributed by atoms with Crippen LogP contribution in [0.15, 0.2) is 29.2 Å². The second-order valence-electron chi connectivity index (χ2n) is 4.35. The van der Waals surface area contributed by atoms with Crippen molar-refractivity contribution < 1.29 is 22.7 Å². The average Bonchev–Trinajstić information content (AvgIpc) is 2.40. The summed E-state index contributed by atoms with van der Waals surface area (Å²) in [5.41, 5.74) is -0.703. The Hall–Kier alpha value is -1.17. The van der Waals surface area contributed by atoms with Gasteiger partial charge in [-0.15, -0.1) is 11.8 Å². The van der Waals surface area contributed by atoms with Gasteiger partial charge < -0.3 is 4.74 Å². The van der Waals surface area contributed by atoms with Crippen molar-refractivity contribution in [3.63, 3.8) is 0 Å². The molecule has 0 saturated heterocycles. The smallest absolute Gasteiger partial charge is 0.416 e. The van der Waals surface area contributed by atoms with Gasteiger partial charge >= 0.3 is 12.1 Å². The number of rotatable bonds is 4. The highest BCUT2D eigenvalue weighted by Gasteiger charge is 2.32. The normalized spacial score (nSPS) is 11.4. The molecule has 0 saturated carbocycles. The fourth-order valence-corrected chi connectivity index (χ4v) is 2.36. The first-order valence-electron chi connectivity index (χ1n) is 6.70. The molecule has 21 heavy (non-hydrogen) atoms. The van der Waals surface area contributed by atoms with Crippen molar-refractivity contribution >= 4 is 17.7 Å². The average molecular weight is 322 g/mol. The van der Waals surface area contributed by atoms with Gasteiger partial charge in [-0.3, -0.25) is 4.79 Å². The standard InChI is InChI=1S/C13H15F3O2S.C2H6/c1-4-18-11(17)12(2,3)19-10-7-5-9(6-8-10)13(14,15)16;1-2/h5-8H,4H2,1-3H3;1-2H3. The molecule has 0 aliphatic heterocycles.